The summed E-state index contributed by atoms with van der Waals surface area (Å²) in [5, 5.41) is 0. The Hall–Kier alpha value is -1.10. The Balaban J connectivity index is 1.79. The molecule has 0 spiro atoms. The summed E-state index contributed by atoms with van der Waals surface area (Å²) >= 11 is 0. The largest absolute Gasteiger partial charge is 0.339 e. The van der Waals surface area contributed by atoms with Crippen molar-refractivity contribution in [3.8, 4) is 0 Å². The van der Waals surface area contributed by atoms with E-state index in [4.69, 9.17) is 0 Å². The Morgan fingerprint density at radius 1 is 0.800 bits per heavy atom. The Morgan fingerprint density at radius 2 is 1.28 bits per heavy atom. The Bertz CT molecular complexity index is 474. The van der Waals surface area contributed by atoms with Crippen LogP contribution in [0.25, 0.3) is 0 Å². The van der Waals surface area contributed by atoms with Gasteiger partial charge in [0.2, 0.25) is 11.8 Å². The van der Waals surface area contributed by atoms with Crippen molar-refractivity contribution < 1.29 is 9.59 Å². The van der Waals surface area contributed by atoms with Gasteiger partial charge in [0, 0.05) is 44.1 Å². The predicted molar refractivity (Wildman–Crippen MR) is 101 cm³/mol. The van der Waals surface area contributed by atoms with E-state index in [0.29, 0.717) is 38.5 Å². The molecule has 0 aromatic rings. The molecule has 0 radical (unpaired) electrons. The summed E-state index contributed by atoms with van der Waals surface area (Å²) in [6.45, 7) is 17.7. The number of piperazine rings is 1. The highest BCUT2D eigenvalue weighted by Gasteiger charge is 2.34. The van der Waals surface area contributed by atoms with Crippen LogP contribution in [0.3, 0.4) is 0 Å². The zero-order chi connectivity index (χ0) is 18.8. The standard InChI is InChI=1S/C20H37N3O2/c1-19(2,3)15-17(24)21-11-13-22(14-12-21)18(25)16-7-9-23(10-8-16)20(4,5)6/h16H,7-15H2,1-6H3. The Labute approximate surface area is 153 Å². The van der Waals surface area contributed by atoms with Crippen molar-refractivity contribution in [2.45, 2.75) is 66.3 Å². The summed E-state index contributed by atoms with van der Waals surface area (Å²) in [4.78, 5) is 31.5. The number of hydrogen-bond donors (Lipinski definition) is 0. The van der Waals surface area contributed by atoms with Gasteiger partial charge in [0.1, 0.15) is 0 Å². The van der Waals surface area contributed by atoms with E-state index >= 15 is 0 Å². The summed E-state index contributed by atoms with van der Waals surface area (Å²) in [5.41, 5.74) is 0.206. The number of rotatable bonds is 2. The summed E-state index contributed by atoms with van der Waals surface area (Å²) in [6.07, 6.45) is 2.49. The van der Waals surface area contributed by atoms with E-state index in [1.807, 2.05) is 9.80 Å². The Morgan fingerprint density at radius 3 is 1.72 bits per heavy atom. The maximum atomic E-state index is 12.8. The van der Waals surface area contributed by atoms with Gasteiger partial charge in [0.25, 0.3) is 0 Å². The van der Waals surface area contributed by atoms with E-state index in [-0.39, 0.29) is 22.8 Å². The quantitative estimate of drug-likeness (QED) is 0.768. The van der Waals surface area contributed by atoms with Crippen LogP contribution in [0.2, 0.25) is 0 Å². The van der Waals surface area contributed by atoms with E-state index in [1.165, 1.54) is 0 Å². The number of hydrogen-bond acceptors (Lipinski definition) is 3. The van der Waals surface area contributed by atoms with Crippen molar-refractivity contribution in [3.05, 3.63) is 0 Å². The van der Waals surface area contributed by atoms with E-state index in [2.05, 4.69) is 46.4 Å². The van der Waals surface area contributed by atoms with Crippen molar-refractivity contribution in [2.24, 2.45) is 11.3 Å². The maximum absolute atomic E-state index is 12.8. The molecule has 0 N–H and O–H groups in total. The first-order valence-electron chi connectivity index (χ1n) is 9.79. The van der Waals surface area contributed by atoms with Crippen LogP contribution in [0.4, 0.5) is 0 Å². The zero-order valence-electron chi connectivity index (χ0n) is 17.1. The number of amides is 2. The summed E-state index contributed by atoms with van der Waals surface area (Å²) in [5.74, 6) is 0.685. The molecular formula is C20H37N3O2. The second kappa shape index (κ2) is 7.65. The second-order valence-corrected chi connectivity index (χ2v) is 9.88. The molecule has 144 valence electrons. The van der Waals surface area contributed by atoms with Gasteiger partial charge in [-0.1, -0.05) is 20.8 Å². The third-order valence-electron chi connectivity index (χ3n) is 5.42. The normalized spacial score (nSPS) is 21.5. The van der Waals surface area contributed by atoms with Crippen LogP contribution in [0.15, 0.2) is 0 Å². The van der Waals surface area contributed by atoms with Crippen molar-refractivity contribution in [2.75, 3.05) is 39.3 Å². The molecule has 2 fully saturated rings. The molecule has 5 nitrogen and oxygen atoms in total. The van der Waals surface area contributed by atoms with Gasteiger partial charge in [0.05, 0.1) is 0 Å². The lowest BCUT2D eigenvalue weighted by Crippen LogP contribution is -2.54. The molecule has 25 heavy (non-hydrogen) atoms. The fraction of sp³-hybridized carbons (Fsp3) is 0.900. The SMILES string of the molecule is CC(C)(C)CC(=O)N1CCN(C(=O)C2CCN(C(C)(C)C)CC2)CC1. The van der Waals surface area contributed by atoms with Crippen molar-refractivity contribution >= 4 is 11.8 Å². The fourth-order valence-corrected chi connectivity index (χ4v) is 3.80. The van der Waals surface area contributed by atoms with Crippen LogP contribution >= 0.6 is 0 Å². The molecule has 0 aromatic heterocycles. The predicted octanol–water partition coefficient (Wildman–Crippen LogP) is 2.60. The minimum atomic E-state index is 0.0189. The minimum Gasteiger partial charge on any atom is -0.339 e. The highest BCUT2D eigenvalue weighted by Crippen LogP contribution is 2.26. The number of carbonyl (C=O) groups is 2. The lowest BCUT2D eigenvalue weighted by Gasteiger charge is -2.42. The van der Waals surface area contributed by atoms with Crippen LogP contribution in [0.5, 0.6) is 0 Å². The fourth-order valence-electron chi connectivity index (χ4n) is 3.80. The van der Waals surface area contributed by atoms with Crippen LogP contribution < -0.4 is 0 Å². The van der Waals surface area contributed by atoms with Gasteiger partial charge in [-0.3, -0.25) is 14.5 Å². The molecule has 2 saturated heterocycles. The van der Waals surface area contributed by atoms with Crippen molar-refractivity contribution in [3.63, 3.8) is 0 Å². The molecule has 0 aromatic carbocycles. The number of carbonyl (C=O) groups excluding carboxylic acids is 2. The zero-order valence-corrected chi connectivity index (χ0v) is 17.1. The second-order valence-electron chi connectivity index (χ2n) is 9.88. The minimum absolute atomic E-state index is 0.0189. The summed E-state index contributed by atoms with van der Waals surface area (Å²) < 4.78 is 0. The molecule has 2 aliphatic rings. The summed E-state index contributed by atoms with van der Waals surface area (Å²) in [7, 11) is 0. The smallest absolute Gasteiger partial charge is 0.225 e. The van der Waals surface area contributed by atoms with Crippen LogP contribution in [0, 0.1) is 11.3 Å². The van der Waals surface area contributed by atoms with Crippen molar-refractivity contribution in [1.82, 2.24) is 14.7 Å². The van der Waals surface area contributed by atoms with E-state index in [1.54, 1.807) is 0 Å². The Kier molecular flexibility index (Phi) is 6.18. The van der Waals surface area contributed by atoms with Gasteiger partial charge < -0.3 is 9.80 Å². The molecule has 0 atom stereocenters. The van der Waals surface area contributed by atoms with Crippen molar-refractivity contribution in [1.29, 1.82) is 0 Å². The first kappa shape index (κ1) is 20.2. The molecule has 2 amide bonds. The van der Waals surface area contributed by atoms with Crippen LogP contribution in [-0.2, 0) is 9.59 Å². The highest BCUT2D eigenvalue weighted by atomic mass is 16.2. The molecule has 2 rings (SSSR count). The lowest BCUT2D eigenvalue weighted by molar-refractivity contribution is -0.144. The molecule has 2 aliphatic heterocycles. The summed E-state index contributed by atoms with van der Waals surface area (Å²) in [6, 6.07) is 0. The van der Waals surface area contributed by atoms with Gasteiger partial charge in [0.15, 0.2) is 0 Å². The molecule has 0 saturated carbocycles. The lowest BCUT2D eigenvalue weighted by atomic mass is 9.91. The number of piperidine rings is 1. The third-order valence-corrected chi connectivity index (χ3v) is 5.42. The first-order chi connectivity index (χ1) is 11.5. The maximum Gasteiger partial charge on any atom is 0.225 e. The molecule has 0 unspecified atom stereocenters. The van der Waals surface area contributed by atoms with Gasteiger partial charge in [-0.25, -0.2) is 0 Å². The molecule has 5 heteroatoms. The van der Waals surface area contributed by atoms with Gasteiger partial charge in [-0.05, 0) is 52.1 Å². The monoisotopic (exact) mass is 351 g/mol. The number of nitrogens with zero attached hydrogens (tertiary/aromatic N) is 3. The molecule has 2 heterocycles. The third kappa shape index (κ3) is 5.70. The van der Waals surface area contributed by atoms with E-state index in [0.717, 1.165) is 25.9 Å². The van der Waals surface area contributed by atoms with Crippen LogP contribution in [0.1, 0.15) is 60.8 Å². The average Bonchev–Trinajstić information content (AvgIpc) is 2.52. The number of likely N-dealkylation sites (tertiary alicyclic amines) is 1. The van der Waals surface area contributed by atoms with Gasteiger partial charge >= 0.3 is 0 Å². The first-order valence-corrected chi connectivity index (χ1v) is 9.79. The average molecular weight is 352 g/mol. The van der Waals surface area contributed by atoms with Gasteiger partial charge in [-0.15, -0.1) is 0 Å². The topological polar surface area (TPSA) is 43.9 Å². The van der Waals surface area contributed by atoms with E-state index < -0.39 is 0 Å². The molecular weight excluding hydrogens is 314 g/mol. The molecule has 0 bridgehead atoms. The van der Waals surface area contributed by atoms with Gasteiger partial charge in [-0.2, -0.15) is 0 Å². The van der Waals surface area contributed by atoms with Crippen LogP contribution in [-0.4, -0.2) is 71.3 Å². The molecule has 0 aliphatic carbocycles. The van der Waals surface area contributed by atoms with E-state index in [9.17, 15) is 9.59 Å². The highest BCUT2D eigenvalue weighted by molar-refractivity contribution is 5.80.